The Morgan fingerprint density at radius 3 is 2.38 bits per heavy atom. The molecule has 0 fully saturated rings. The summed E-state index contributed by atoms with van der Waals surface area (Å²) in [5.74, 6) is 0. The minimum atomic E-state index is -4.82. The Labute approximate surface area is 92.9 Å². The third-order valence-electron chi connectivity index (χ3n) is 1.73. The second-order valence-electron chi connectivity index (χ2n) is 2.75. The van der Waals surface area contributed by atoms with E-state index < -0.39 is 27.9 Å². The van der Waals surface area contributed by atoms with Crippen LogP contribution in [0.1, 0.15) is 11.1 Å². The van der Waals surface area contributed by atoms with Crippen molar-refractivity contribution >= 4 is 18.3 Å². The van der Waals surface area contributed by atoms with E-state index in [-0.39, 0.29) is 4.90 Å². The van der Waals surface area contributed by atoms with Gasteiger partial charge in [-0.3, -0.25) is 10.1 Å². The Morgan fingerprint density at radius 2 is 2.00 bits per heavy atom. The fourth-order valence-corrected chi connectivity index (χ4v) is 1.36. The summed E-state index contributed by atoms with van der Waals surface area (Å²) in [5, 5.41) is 18.9. The van der Waals surface area contributed by atoms with E-state index in [1.807, 2.05) is 0 Å². The summed E-state index contributed by atoms with van der Waals surface area (Å²) in [5.41, 5.74) is -2.83. The number of alkyl halides is 3. The van der Waals surface area contributed by atoms with E-state index in [2.05, 4.69) is 12.6 Å². The molecule has 0 radical (unpaired) electrons. The molecule has 0 spiro atoms. The third kappa shape index (κ3) is 2.25. The topological polar surface area (TPSA) is 66.9 Å². The summed E-state index contributed by atoms with van der Waals surface area (Å²) in [6.07, 6.45) is -4.82. The van der Waals surface area contributed by atoms with E-state index in [4.69, 9.17) is 5.26 Å². The van der Waals surface area contributed by atoms with Crippen LogP contribution in [-0.4, -0.2) is 4.92 Å². The molecule has 84 valence electrons. The zero-order valence-electron chi connectivity index (χ0n) is 7.45. The van der Waals surface area contributed by atoms with E-state index in [9.17, 15) is 23.3 Å². The lowest BCUT2D eigenvalue weighted by Crippen LogP contribution is -2.09. The summed E-state index contributed by atoms with van der Waals surface area (Å²) in [6, 6.07) is 2.44. The molecule has 0 saturated carbocycles. The van der Waals surface area contributed by atoms with Gasteiger partial charge in [-0.25, -0.2) is 0 Å². The van der Waals surface area contributed by atoms with Gasteiger partial charge >= 0.3 is 6.18 Å². The van der Waals surface area contributed by atoms with Gasteiger partial charge in [0.15, 0.2) is 0 Å². The molecule has 16 heavy (non-hydrogen) atoms. The number of halogens is 3. The number of nitro groups is 1. The highest BCUT2D eigenvalue weighted by atomic mass is 32.1. The van der Waals surface area contributed by atoms with Crippen LogP contribution in [0.5, 0.6) is 0 Å². The summed E-state index contributed by atoms with van der Waals surface area (Å²) in [7, 11) is 0. The van der Waals surface area contributed by atoms with Crippen LogP contribution in [-0.2, 0) is 6.18 Å². The molecule has 0 bridgehead atoms. The van der Waals surface area contributed by atoms with Crippen LogP contribution in [0.4, 0.5) is 18.9 Å². The van der Waals surface area contributed by atoms with E-state index >= 15 is 0 Å². The molecule has 1 aromatic rings. The van der Waals surface area contributed by atoms with E-state index in [0.29, 0.717) is 6.07 Å². The number of nitro benzene ring substituents is 1. The number of rotatable bonds is 1. The van der Waals surface area contributed by atoms with Crippen molar-refractivity contribution in [1.82, 2.24) is 0 Å². The molecule has 1 rings (SSSR count). The molecule has 0 N–H and O–H groups in total. The lowest BCUT2D eigenvalue weighted by Gasteiger charge is -2.09. The van der Waals surface area contributed by atoms with Gasteiger partial charge in [-0.1, -0.05) is 0 Å². The highest BCUT2D eigenvalue weighted by Gasteiger charge is 2.36. The van der Waals surface area contributed by atoms with E-state index in [0.717, 1.165) is 6.07 Å². The number of non-ortho nitro benzene ring substituents is 1. The molecule has 0 aliphatic carbocycles. The van der Waals surface area contributed by atoms with Crippen LogP contribution >= 0.6 is 12.6 Å². The monoisotopic (exact) mass is 248 g/mol. The van der Waals surface area contributed by atoms with Crippen LogP contribution in [0.3, 0.4) is 0 Å². The molecular weight excluding hydrogens is 245 g/mol. The highest BCUT2D eigenvalue weighted by Crippen LogP contribution is 2.36. The predicted octanol–water partition coefficient (Wildman–Crippen LogP) is 2.77. The number of nitriles is 1. The number of nitrogens with zero attached hydrogens (tertiary/aromatic N) is 2. The second kappa shape index (κ2) is 4.02. The minimum absolute atomic E-state index is 0.318. The Kier molecular flexibility index (Phi) is 3.09. The number of benzene rings is 1. The number of hydrogen-bond donors (Lipinski definition) is 1. The number of hydrogen-bond acceptors (Lipinski definition) is 4. The highest BCUT2D eigenvalue weighted by molar-refractivity contribution is 7.80. The first-order valence-electron chi connectivity index (χ1n) is 3.76. The molecule has 0 aliphatic rings. The molecule has 0 unspecified atom stereocenters. The van der Waals surface area contributed by atoms with Crippen molar-refractivity contribution in [3.05, 3.63) is 33.4 Å². The Balaban J connectivity index is 3.57. The van der Waals surface area contributed by atoms with Gasteiger partial charge in [-0.15, -0.1) is 12.6 Å². The smallest absolute Gasteiger partial charge is 0.258 e. The van der Waals surface area contributed by atoms with Crippen molar-refractivity contribution < 1.29 is 18.1 Å². The predicted molar refractivity (Wildman–Crippen MR) is 50.1 cm³/mol. The molecule has 0 atom stereocenters. The number of thiol groups is 1. The van der Waals surface area contributed by atoms with Gasteiger partial charge in [-0.2, -0.15) is 18.4 Å². The van der Waals surface area contributed by atoms with Crippen molar-refractivity contribution in [3.8, 4) is 6.07 Å². The van der Waals surface area contributed by atoms with Gasteiger partial charge in [0.1, 0.15) is 6.07 Å². The average molecular weight is 248 g/mol. The zero-order valence-corrected chi connectivity index (χ0v) is 8.34. The molecule has 0 aromatic heterocycles. The van der Waals surface area contributed by atoms with Crippen molar-refractivity contribution in [3.63, 3.8) is 0 Å². The Hall–Kier alpha value is -1.75. The van der Waals surface area contributed by atoms with Gasteiger partial charge in [0.2, 0.25) is 0 Å². The molecule has 1 aromatic carbocycles. The molecule has 8 heteroatoms. The molecule has 4 nitrogen and oxygen atoms in total. The maximum atomic E-state index is 12.5. The van der Waals surface area contributed by atoms with Crippen molar-refractivity contribution in [2.45, 2.75) is 11.1 Å². The first-order chi connectivity index (χ1) is 7.27. The van der Waals surface area contributed by atoms with Gasteiger partial charge < -0.3 is 0 Å². The van der Waals surface area contributed by atoms with Crippen LogP contribution in [0.25, 0.3) is 0 Å². The largest absolute Gasteiger partial charge is 0.417 e. The molecule has 0 saturated heterocycles. The van der Waals surface area contributed by atoms with Crippen molar-refractivity contribution in [1.29, 1.82) is 5.26 Å². The quantitative estimate of drug-likeness (QED) is 0.472. The first-order valence-corrected chi connectivity index (χ1v) is 4.20. The standard InChI is InChI=1S/C8H3F3N2O2S/c9-8(10,11)6-1-4(13(14)15)2-7(16)5(6)3-12/h1-2,16H. The second-order valence-corrected chi connectivity index (χ2v) is 3.24. The van der Waals surface area contributed by atoms with E-state index in [1.54, 1.807) is 0 Å². The van der Waals surface area contributed by atoms with Crippen LogP contribution in [0, 0.1) is 21.4 Å². The van der Waals surface area contributed by atoms with Gasteiger partial charge in [0, 0.05) is 17.0 Å². The van der Waals surface area contributed by atoms with Crippen molar-refractivity contribution in [2.24, 2.45) is 0 Å². The third-order valence-corrected chi connectivity index (χ3v) is 2.08. The van der Waals surface area contributed by atoms with Crippen molar-refractivity contribution in [2.75, 3.05) is 0 Å². The minimum Gasteiger partial charge on any atom is -0.258 e. The Morgan fingerprint density at radius 1 is 1.44 bits per heavy atom. The van der Waals surface area contributed by atoms with Gasteiger partial charge in [0.25, 0.3) is 5.69 Å². The van der Waals surface area contributed by atoms with Crippen LogP contribution < -0.4 is 0 Å². The average Bonchev–Trinajstić information content (AvgIpc) is 2.14. The summed E-state index contributed by atoms with van der Waals surface area (Å²) >= 11 is 3.62. The summed E-state index contributed by atoms with van der Waals surface area (Å²) in [6.45, 7) is 0. The Bertz CT molecular complexity index is 493. The lowest BCUT2D eigenvalue weighted by atomic mass is 10.1. The zero-order chi connectivity index (χ0) is 12.5. The van der Waals surface area contributed by atoms with Gasteiger partial charge in [0.05, 0.1) is 16.1 Å². The van der Waals surface area contributed by atoms with E-state index in [1.165, 1.54) is 6.07 Å². The SMILES string of the molecule is N#Cc1c(S)cc([N+](=O)[O-])cc1C(F)(F)F. The lowest BCUT2D eigenvalue weighted by molar-refractivity contribution is -0.385. The maximum absolute atomic E-state index is 12.5. The normalized spacial score (nSPS) is 10.9. The first kappa shape index (κ1) is 12.3. The van der Waals surface area contributed by atoms with Crippen LogP contribution in [0.15, 0.2) is 17.0 Å². The molecule has 0 amide bonds. The fourth-order valence-electron chi connectivity index (χ4n) is 1.06. The molecular formula is C8H3F3N2O2S. The fraction of sp³-hybridized carbons (Fsp3) is 0.125. The summed E-state index contributed by atoms with van der Waals surface area (Å²) in [4.78, 5) is 9.01. The van der Waals surface area contributed by atoms with Crippen LogP contribution in [0.2, 0.25) is 0 Å². The maximum Gasteiger partial charge on any atom is 0.417 e. The van der Waals surface area contributed by atoms with Gasteiger partial charge in [-0.05, 0) is 0 Å². The molecule has 0 aliphatic heterocycles. The molecule has 0 heterocycles. The summed E-state index contributed by atoms with van der Waals surface area (Å²) < 4.78 is 37.4.